The number of anilines is 1. The van der Waals surface area contributed by atoms with E-state index in [9.17, 15) is 13.6 Å². The van der Waals surface area contributed by atoms with Crippen LogP contribution in [0.5, 0.6) is 0 Å². The number of hydrogen-bond acceptors (Lipinski definition) is 6. The van der Waals surface area contributed by atoms with Crippen LogP contribution in [-0.2, 0) is 16.0 Å². The van der Waals surface area contributed by atoms with Crippen molar-refractivity contribution < 1.29 is 22.7 Å². The average molecular weight is 601 g/mol. The number of ether oxygens (including phenoxy) is 1. The molecule has 0 aliphatic carbocycles. The van der Waals surface area contributed by atoms with Gasteiger partial charge in [0, 0.05) is 18.0 Å². The zero-order chi connectivity index (χ0) is 30.6. The summed E-state index contributed by atoms with van der Waals surface area (Å²) in [4.78, 5) is 24.9. The maximum atomic E-state index is 15.2. The number of morpholine rings is 1. The van der Waals surface area contributed by atoms with E-state index < -0.39 is 35.3 Å². The van der Waals surface area contributed by atoms with Gasteiger partial charge in [0.15, 0.2) is 0 Å². The molecule has 11 heteroatoms. The fourth-order valence-corrected chi connectivity index (χ4v) is 5.67. The number of para-hydroxylation sites is 2. The molecule has 0 unspecified atom stereocenters. The van der Waals surface area contributed by atoms with E-state index in [0.717, 1.165) is 23.1 Å². The summed E-state index contributed by atoms with van der Waals surface area (Å²) in [5.41, 5.74) is 9.49. The molecule has 3 atom stereocenters. The molecule has 1 amide bonds. The van der Waals surface area contributed by atoms with E-state index in [1.807, 2.05) is 24.3 Å². The van der Waals surface area contributed by atoms with Gasteiger partial charge in [-0.1, -0.05) is 36.4 Å². The summed E-state index contributed by atoms with van der Waals surface area (Å²) >= 11 is 0. The van der Waals surface area contributed by atoms with Crippen LogP contribution in [0.2, 0.25) is 0 Å². The Morgan fingerprint density at radius 3 is 2.27 bits per heavy atom. The molecular weight excluding hydrogens is 569 g/mol. The van der Waals surface area contributed by atoms with Gasteiger partial charge in [-0.15, -0.1) is 0 Å². The first-order chi connectivity index (χ1) is 21.4. The number of primary amides is 1. The number of benzene rings is 3. The van der Waals surface area contributed by atoms with Crippen LogP contribution >= 0.6 is 0 Å². The van der Waals surface area contributed by atoms with Crippen LogP contribution < -0.4 is 16.4 Å². The van der Waals surface area contributed by atoms with Crippen molar-refractivity contribution in [1.82, 2.24) is 20.3 Å². The summed E-state index contributed by atoms with van der Waals surface area (Å²) in [5.74, 6) is -2.10. The summed E-state index contributed by atoms with van der Waals surface area (Å²) in [6, 6.07) is 17.9. The SMILES string of the molecule is NC(=O)[C@@H](Nc1cncc(F)c1CC[C@@H]1CN[C@H](c2nc3ccccc3[nH]2)CO1)C(c1ccc(F)cc1)c1ccc(F)cc1. The summed E-state index contributed by atoms with van der Waals surface area (Å²) in [7, 11) is 0. The first kappa shape index (κ1) is 29.3. The number of carbonyl (C=O) groups is 1. The van der Waals surface area contributed by atoms with Crippen LogP contribution in [0.15, 0.2) is 85.2 Å². The molecule has 5 N–H and O–H groups in total. The Morgan fingerprint density at radius 1 is 0.977 bits per heavy atom. The van der Waals surface area contributed by atoms with Crippen molar-refractivity contribution in [3.63, 3.8) is 0 Å². The molecule has 1 fully saturated rings. The van der Waals surface area contributed by atoms with Crippen LogP contribution in [0, 0.1) is 17.5 Å². The number of nitrogens with two attached hydrogens (primary N) is 1. The third kappa shape index (κ3) is 6.43. The zero-order valence-corrected chi connectivity index (χ0v) is 23.6. The molecule has 5 aromatic rings. The number of nitrogens with one attached hydrogen (secondary N) is 3. The minimum Gasteiger partial charge on any atom is -0.375 e. The molecular formula is C33H31F3N6O2. The molecule has 1 saturated heterocycles. The number of pyridine rings is 1. The number of rotatable bonds is 10. The van der Waals surface area contributed by atoms with E-state index in [-0.39, 0.29) is 12.1 Å². The molecule has 3 heterocycles. The highest BCUT2D eigenvalue weighted by molar-refractivity contribution is 5.85. The Labute approximate surface area is 251 Å². The highest BCUT2D eigenvalue weighted by atomic mass is 19.1. The fourth-order valence-electron chi connectivity index (χ4n) is 5.67. The molecule has 8 nitrogen and oxygen atoms in total. The standard InChI is InChI=1S/C33H31F3N6O2/c34-21-9-5-19(6-10-21)30(20-7-11-22(35)12-8-20)31(32(37)43)40-28-17-38-16-25(36)24(28)14-13-23-15-39-29(18-44-23)33-41-26-3-1-2-4-27(26)42-33/h1-12,16-17,23,29-31,39-40H,13-15,18H2,(H2,37,43)(H,41,42)/t23-,29+,31+/m1/s1. The molecule has 1 aliphatic rings. The number of nitrogens with zero attached hydrogens (tertiary/aromatic N) is 2. The van der Waals surface area contributed by atoms with Crippen molar-refractivity contribution in [2.24, 2.45) is 5.73 Å². The number of imidazole rings is 1. The second-order valence-electron chi connectivity index (χ2n) is 10.8. The van der Waals surface area contributed by atoms with Crippen molar-refractivity contribution in [2.75, 3.05) is 18.5 Å². The number of fused-ring (bicyclic) bond motifs is 1. The van der Waals surface area contributed by atoms with E-state index in [1.54, 1.807) is 0 Å². The highest BCUT2D eigenvalue weighted by Crippen LogP contribution is 2.32. The van der Waals surface area contributed by atoms with Gasteiger partial charge in [0.1, 0.15) is 29.3 Å². The maximum Gasteiger partial charge on any atom is 0.240 e. The lowest BCUT2D eigenvalue weighted by molar-refractivity contribution is -0.119. The van der Waals surface area contributed by atoms with E-state index in [0.29, 0.717) is 48.4 Å². The predicted molar refractivity (Wildman–Crippen MR) is 160 cm³/mol. The summed E-state index contributed by atoms with van der Waals surface area (Å²) in [5, 5.41) is 6.57. The van der Waals surface area contributed by atoms with Gasteiger partial charge in [-0.3, -0.25) is 9.78 Å². The number of hydrogen-bond donors (Lipinski definition) is 4. The smallest absolute Gasteiger partial charge is 0.240 e. The first-order valence-corrected chi connectivity index (χ1v) is 14.3. The minimum atomic E-state index is -1.09. The van der Waals surface area contributed by atoms with E-state index in [1.165, 1.54) is 54.7 Å². The zero-order valence-electron chi connectivity index (χ0n) is 23.6. The Balaban J connectivity index is 1.18. The predicted octanol–water partition coefficient (Wildman–Crippen LogP) is 5.14. The minimum absolute atomic E-state index is 0.0975. The summed E-state index contributed by atoms with van der Waals surface area (Å²) in [6.45, 7) is 0.938. The van der Waals surface area contributed by atoms with Gasteiger partial charge in [0.2, 0.25) is 5.91 Å². The Morgan fingerprint density at radius 2 is 1.66 bits per heavy atom. The number of aromatic nitrogens is 3. The largest absolute Gasteiger partial charge is 0.375 e. The van der Waals surface area contributed by atoms with Crippen LogP contribution in [0.1, 0.15) is 40.9 Å². The van der Waals surface area contributed by atoms with Gasteiger partial charge in [0.05, 0.1) is 47.9 Å². The van der Waals surface area contributed by atoms with Crippen LogP contribution in [0.25, 0.3) is 11.0 Å². The third-order valence-electron chi connectivity index (χ3n) is 7.96. The lowest BCUT2D eigenvalue weighted by atomic mass is 9.84. The first-order valence-electron chi connectivity index (χ1n) is 14.3. The number of halogens is 3. The van der Waals surface area contributed by atoms with Crippen molar-refractivity contribution in [3.8, 4) is 0 Å². The van der Waals surface area contributed by atoms with Gasteiger partial charge < -0.3 is 26.1 Å². The Kier molecular flexibility index (Phi) is 8.58. The van der Waals surface area contributed by atoms with Crippen molar-refractivity contribution in [3.05, 3.63) is 125 Å². The quantitative estimate of drug-likeness (QED) is 0.177. The molecule has 0 radical (unpaired) electrons. The molecule has 2 aromatic heterocycles. The van der Waals surface area contributed by atoms with Gasteiger partial charge >= 0.3 is 0 Å². The molecule has 0 bridgehead atoms. The number of aromatic amines is 1. The van der Waals surface area contributed by atoms with Crippen molar-refractivity contribution >= 4 is 22.6 Å². The van der Waals surface area contributed by atoms with Crippen molar-refractivity contribution in [2.45, 2.75) is 36.9 Å². The average Bonchev–Trinajstić information content (AvgIpc) is 3.47. The molecule has 3 aromatic carbocycles. The fraction of sp³-hybridized carbons (Fsp3) is 0.242. The van der Waals surface area contributed by atoms with E-state index in [2.05, 4.69) is 25.6 Å². The lowest BCUT2D eigenvalue weighted by Crippen LogP contribution is -2.42. The van der Waals surface area contributed by atoms with Crippen LogP contribution in [-0.4, -0.2) is 46.2 Å². The molecule has 1 aliphatic heterocycles. The topological polar surface area (TPSA) is 118 Å². The van der Waals surface area contributed by atoms with E-state index in [4.69, 9.17) is 10.5 Å². The molecule has 0 saturated carbocycles. The summed E-state index contributed by atoms with van der Waals surface area (Å²) < 4.78 is 48.9. The normalized spacial score (nSPS) is 17.5. The molecule has 0 spiro atoms. The van der Waals surface area contributed by atoms with Gasteiger partial charge in [0.25, 0.3) is 0 Å². The third-order valence-corrected chi connectivity index (χ3v) is 7.96. The van der Waals surface area contributed by atoms with Gasteiger partial charge in [-0.25, -0.2) is 18.2 Å². The summed E-state index contributed by atoms with van der Waals surface area (Å²) in [6.07, 6.45) is 3.17. The Bertz CT molecular complexity index is 1660. The monoisotopic (exact) mass is 600 g/mol. The van der Waals surface area contributed by atoms with Crippen molar-refractivity contribution in [1.29, 1.82) is 0 Å². The Hall–Kier alpha value is -4.74. The van der Waals surface area contributed by atoms with Gasteiger partial charge in [-0.2, -0.15) is 0 Å². The van der Waals surface area contributed by atoms with Crippen LogP contribution in [0.3, 0.4) is 0 Å². The highest BCUT2D eigenvalue weighted by Gasteiger charge is 2.31. The number of carbonyl (C=O) groups excluding carboxylic acids is 1. The molecule has 44 heavy (non-hydrogen) atoms. The molecule has 6 rings (SSSR count). The van der Waals surface area contributed by atoms with E-state index >= 15 is 4.39 Å². The molecule has 226 valence electrons. The second-order valence-corrected chi connectivity index (χ2v) is 10.8. The van der Waals surface area contributed by atoms with Crippen LogP contribution in [0.4, 0.5) is 18.9 Å². The lowest BCUT2D eigenvalue weighted by Gasteiger charge is -2.30. The maximum absolute atomic E-state index is 15.2. The number of H-pyrrole nitrogens is 1. The number of amides is 1. The second kappa shape index (κ2) is 12.9. The van der Waals surface area contributed by atoms with Gasteiger partial charge in [-0.05, 0) is 60.4 Å².